The van der Waals surface area contributed by atoms with Crippen molar-refractivity contribution in [1.82, 2.24) is 5.48 Å². The summed E-state index contributed by atoms with van der Waals surface area (Å²) in [5, 5.41) is 27.7. The summed E-state index contributed by atoms with van der Waals surface area (Å²) in [5.41, 5.74) is 2.95. The first-order valence-corrected chi connectivity index (χ1v) is 8.35. The van der Waals surface area contributed by atoms with Gasteiger partial charge in [-0.2, -0.15) is 0 Å². The Morgan fingerprint density at radius 1 is 1.31 bits per heavy atom. The van der Waals surface area contributed by atoms with Crippen molar-refractivity contribution >= 4 is 5.91 Å². The molecule has 0 radical (unpaired) electrons. The van der Waals surface area contributed by atoms with E-state index in [0.717, 1.165) is 0 Å². The number of carbonyl (C=O) groups excluding carboxylic acids is 1. The molecule has 0 heterocycles. The first kappa shape index (κ1) is 21.9. The van der Waals surface area contributed by atoms with E-state index in [2.05, 4.69) is 0 Å². The summed E-state index contributed by atoms with van der Waals surface area (Å²) in [7, 11) is 1.55. The maximum absolute atomic E-state index is 11.0. The van der Waals surface area contributed by atoms with Gasteiger partial charge in [0, 0.05) is 13.2 Å². The summed E-state index contributed by atoms with van der Waals surface area (Å²) in [4.78, 5) is 11.0. The molecule has 2 atom stereocenters. The topological polar surface area (TPSA) is 108 Å². The number of benzene rings is 1. The second-order valence-corrected chi connectivity index (χ2v) is 5.70. The Morgan fingerprint density at radius 3 is 2.58 bits per heavy atom. The zero-order valence-corrected chi connectivity index (χ0v) is 15.1. The lowest BCUT2D eigenvalue weighted by atomic mass is 10.0. The lowest BCUT2D eigenvalue weighted by Gasteiger charge is -2.21. The zero-order chi connectivity index (χ0) is 19.4. The smallest absolute Gasteiger partial charge is 0.267 e. The number of hydrogen-bond acceptors (Lipinski definition) is 6. The van der Waals surface area contributed by atoms with Crippen molar-refractivity contribution in [3.05, 3.63) is 53.6 Å². The summed E-state index contributed by atoms with van der Waals surface area (Å²) >= 11 is 0. The van der Waals surface area contributed by atoms with E-state index in [-0.39, 0.29) is 19.3 Å². The summed E-state index contributed by atoms with van der Waals surface area (Å²) in [6, 6.07) is 7.00. The van der Waals surface area contributed by atoms with Gasteiger partial charge in [0.15, 0.2) is 0 Å². The van der Waals surface area contributed by atoms with Gasteiger partial charge in [-0.05, 0) is 43.0 Å². The summed E-state index contributed by atoms with van der Waals surface area (Å²) < 4.78 is 10.7. The average Bonchev–Trinajstić information content (AvgIpc) is 2.66. The number of nitrogens with one attached hydrogen (secondary N) is 1. The molecule has 4 N–H and O–H groups in total. The van der Waals surface area contributed by atoms with Gasteiger partial charge < -0.3 is 19.7 Å². The number of amides is 1. The van der Waals surface area contributed by atoms with Crippen LogP contribution in [0.4, 0.5) is 0 Å². The van der Waals surface area contributed by atoms with Crippen LogP contribution in [0.15, 0.2) is 48.1 Å². The molecule has 0 unspecified atom stereocenters. The van der Waals surface area contributed by atoms with Gasteiger partial charge in [0.25, 0.3) is 5.91 Å². The Hall–Kier alpha value is -2.19. The van der Waals surface area contributed by atoms with Gasteiger partial charge in [0.1, 0.15) is 18.5 Å². The van der Waals surface area contributed by atoms with Crippen LogP contribution < -0.4 is 10.2 Å². The third-order valence-electron chi connectivity index (χ3n) is 3.70. The quantitative estimate of drug-likeness (QED) is 0.206. The fourth-order valence-electron chi connectivity index (χ4n) is 2.36. The number of rotatable bonds is 11. The highest BCUT2D eigenvalue weighted by Crippen LogP contribution is 2.24. The molecule has 0 aliphatic heterocycles. The molecule has 1 aromatic carbocycles. The average molecular weight is 365 g/mol. The SMILES string of the molecule is CO[C@H](CC/C=C/C(C)=C/C(=O)NO)[C@H](O)c1ccc(OCCO)cc1. The minimum atomic E-state index is -0.780. The van der Waals surface area contributed by atoms with Crippen molar-refractivity contribution in [1.29, 1.82) is 0 Å². The number of ether oxygens (including phenoxy) is 2. The molecule has 0 aliphatic rings. The lowest BCUT2D eigenvalue weighted by molar-refractivity contribution is -0.124. The van der Waals surface area contributed by atoms with Crippen LogP contribution in [0.2, 0.25) is 0 Å². The molecule has 0 saturated heterocycles. The van der Waals surface area contributed by atoms with Crippen molar-refractivity contribution in [2.24, 2.45) is 0 Å². The van der Waals surface area contributed by atoms with E-state index in [9.17, 15) is 9.90 Å². The maximum atomic E-state index is 11.0. The van der Waals surface area contributed by atoms with E-state index < -0.39 is 12.0 Å². The van der Waals surface area contributed by atoms with E-state index in [1.807, 2.05) is 6.08 Å². The summed E-state index contributed by atoms with van der Waals surface area (Å²) in [5.74, 6) is 0.0461. The Balaban J connectivity index is 2.56. The van der Waals surface area contributed by atoms with Crippen molar-refractivity contribution in [3.63, 3.8) is 0 Å². The van der Waals surface area contributed by atoms with Gasteiger partial charge in [0.05, 0.1) is 12.7 Å². The highest BCUT2D eigenvalue weighted by Gasteiger charge is 2.19. The third kappa shape index (κ3) is 7.79. The van der Waals surface area contributed by atoms with Gasteiger partial charge >= 0.3 is 0 Å². The number of methoxy groups -OCH3 is 1. The molecule has 0 spiro atoms. The fraction of sp³-hybridized carbons (Fsp3) is 0.421. The molecule has 1 aromatic rings. The van der Waals surface area contributed by atoms with Crippen LogP contribution in [0.5, 0.6) is 5.75 Å². The number of aliphatic hydroxyl groups is 2. The third-order valence-corrected chi connectivity index (χ3v) is 3.70. The first-order chi connectivity index (χ1) is 12.5. The summed E-state index contributed by atoms with van der Waals surface area (Å²) in [6.07, 6.45) is 5.00. The van der Waals surface area contributed by atoms with Crippen LogP contribution in [0.25, 0.3) is 0 Å². The highest BCUT2D eigenvalue weighted by molar-refractivity contribution is 5.87. The van der Waals surface area contributed by atoms with E-state index in [1.165, 1.54) is 11.6 Å². The lowest BCUT2D eigenvalue weighted by Crippen LogP contribution is -2.20. The molecule has 144 valence electrons. The number of hydroxylamine groups is 1. The molecular weight excluding hydrogens is 338 g/mol. The van der Waals surface area contributed by atoms with Crippen molar-refractivity contribution in [2.75, 3.05) is 20.3 Å². The second kappa shape index (κ2) is 12.2. The van der Waals surface area contributed by atoms with E-state index >= 15 is 0 Å². The van der Waals surface area contributed by atoms with Crippen LogP contribution in [0.3, 0.4) is 0 Å². The van der Waals surface area contributed by atoms with Crippen LogP contribution in [0, 0.1) is 0 Å². The van der Waals surface area contributed by atoms with Gasteiger partial charge in [-0.3, -0.25) is 10.0 Å². The number of allylic oxidation sites excluding steroid dienone is 3. The maximum Gasteiger partial charge on any atom is 0.267 e. The zero-order valence-electron chi connectivity index (χ0n) is 15.1. The van der Waals surface area contributed by atoms with Gasteiger partial charge in [-0.1, -0.05) is 24.3 Å². The minimum Gasteiger partial charge on any atom is -0.491 e. The normalized spacial score (nSPS) is 14.3. The number of aliphatic hydroxyl groups excluding tert-OH is 2. The number of hydrogen-bond donors (Lipinski definition) is 4. The highest BCUT2D eigenvalue weighted by atomic mass is 16.5. The monoisotopic (exact) mass is 365 g/mol. The molecule has 26 heavy (non-hydrogen) atoms. The molecule has 0 fully saturated rings. The van der Waals surface area contributed by atoms with Crippen molar-refractivity contribution < 1.29 is 29.7 Å². The molecule has 0 saturated carbocycles. The molecular formula is C19H27NO6. The molecule has 7 nitrogen and oxygen atoms in total. The molecule has 7 heteroatoms. The predicted octanol–water partition coefficient (Wildman–Crippen LogP) is 1.89. The van der Waals surface area contributed by atoms with Gasteiger partial charge in [-0.15, -0.1) is 0 Å². The van der Waals surface area contributed by atoms with Gasteiger partial charge in [0.2, 0.25) is 0 Å². The predicted molar refractivity (Wildman–Crippen MR) is 96.8 cm³/mol. The Labute approximate surface area is 153 Å². The van der Waals surface area contributed by atoms with Crippen LogP contribution in [0.1, 0.15) is 31.4 Å². The Morgan fingerprint density at radius 2 is 2.00 bits per heavy atom. The second-order valence-electron chi connectivity index (χ2n) is 5.70. The number of carbonyl (C=O) groups is 1. The minimum absolute atomic E-state index is 0.0526. The van der Waals surface area contributed by atoms with Crippen molar-refractivity contribution in [2.45, 2.75) is 32.0 Å². The molecule has 0 bridgehead atoms. The van der Waals surface area contributed by atoms with Crippen molar-refractivity contribution in [3.8, 4) is 5.75 Å². The van der Waals surface area contributed by atoms with Gasteiger partial charge in [-0.25, -0.2) is 5.48 Å². The standard InChI is InChI=1S/C19H27NO6/c1-14(13-18(22)20-24)5-3-4-6-17(25-2)19(23)15-7-9-16(10-8-15)26-12-11-21/h3,5,7-10,13,17,19,21,23-24H,4,6,11-12H2,1-2H3,(H,20,22)/b5-3+,14-13+/t17-,19-/m1/s1. The van der Waals surface area contributed by atoms with E-state index in [0.29, 0.717) is 29.7 Å². The van der Waals surface area contributed by atoms with E-state index in [1.54, 1.807) is 44.4 Å². The van der Waals surface area contributed by atoms with E-state index in [4.69, 9.17) is 19.8 Å². The Bertz CT molecular complexity index is 597. The molecule has 1 rings (SSSR count). The summed E-state index contributed by atoms with van der Waals surface area (Å²) in [6.45, 7) is 1.92. The van der Waals surface area contributed by atoms with Crippen LogP contribution in [-0.2, 0) is 9.53 Å². The van der Waals surface area contributed by atoms with Crippen LogP contribution in [-0.4, -0.2) is 47.8 Å². The molecule has 1 amide bonds. The van der Waals surface area contributed by atoms with Crippen LogP contribution >= 0.6 is 0 Å². The fourth-order valence-corrected chi connectivity index (χ4v) is 2.36. The largest absolute Gasteiger partial charge is 0.491 e. The first-order valence-electron chi connectivity index (χ1n) is 8.35. The Kier molecular flexibility index (Phi) is 10.3. The molecule has 0 aliphatic carbocycles. The molecule has 0 aromatic heterocycles.